The van der Waals surface area contributed by atoms with E-state index in [-0.39, 0.29) is 12.1 Å². The number of carbonyl (C=O) groups is 1. The van der Waals surface area contributed by atoms with Gasteiger partial charge >= 0.3 is 6.09 Å². The average molecular weight is 300 g/mol. The number of piperidine rings is 1. The zero-order chi connectivity index (χ0) is 15.7. The van der Waals surface area contributed by atoms with Crippen molar-refractivity contribution in [2.75, 3.05) is 32.8 Å². The maximum absolute atomic E-state index is 12.3. The summed E-state index contributed by atoms with van der Waals surface area (Å²) in [4.78, 5) is 14.1. The van der Waals surface area contributed by atoms with Crippen LogP contribution in [0.25, 0.3) is 0 Å². The Labute approximate surface area is 129 Å². The number of ether oxygens (including phenoxy) is 2. The Morgan fingerprint density at radius 1 is 1.33 bits per heavy atom. The number of carbonyl (C=O) groups excluding carboxylic acids is 1. The van der Waals surface area contributed by atoms with Crippen molar-refractivity contribution in [1.82, 2.24) is 10.2 Å². The number of rotatable bonds is 7. The van der Waals surface area contributed by atoms with Gasteiger partial charge in [-0.1, -0.05) is 0 Å². The molecule has 124 valence electrons. The number of nitrogens with zero attached hydrogens (tertiary/aromatic N) is 1. The van der Waals surface area contributed by atoms with E-state index in [2.05, 4.69) is 5.32 Å². The molecular weight excluding hydrogens is 268 g/mol. The van der Waals surface area contributed by atoms with Crippen LogP contribution < -0.4 is 5.32 Å². The Hall–Kier alpha value is -0.810. The Morgan fingerprint density at radius 2 is 2.10 bits per heavy atom. The molecule has 0 aliphatic carbocycles. The summed E-state index contributed by atoms with van der Waals surface area (Å²) >= 11 is 0. The van der Waals surface area contributed by atoms with Gasteiger partial charge in [-0.25, -0.2) is 4.79 Å². The predicted molar refractivity (Wildman–Crippen MR) is 84.6 cm³/mol. The van der Waals surface area contributed by atoms with Crippen molar-refractivity contribution >= 4 is 6.09 Å². The summed E-state index contributed by atoms with van der Waals surface area (Å²) in [5, 5.41) is 3.43. The van der Waals surface area contributed by atoms with E-state index >= 15 is 0 Å². The van der Waals surface area contributed by atoms with Crippen LogP contribution in [0.3, 0.4) is 0 Å². The second-order valence-electron chi connectivity index (χ2n) is 6.58. The number of nitrogens with one attached hydrogen (secondary N) is 1. The molecule has 1 N–H and O–H groups in total. The van der Waals surface area contributed by atoms with Crippen LogP contribution in [0.2, 0.25) is 0 Å². The lowest BCUT2D eigenvalue weighted by Gasteiger charge is -2.37. The lowest BCUT2D eigenvalue weighted by atomic mass is 10.0. The van der Waals surface area contributed by atoms with Crippen molar-refractivity contribution < 1.29 is 14.3 Å². The van der Waals surface area contributed by atoms with Crippen molar-refractivity contribution in [3.63, 3.8) is 0 Å². The monoisotopic (exact) mass is 300 g/mol. The topological polar surface area (TPSA) is 50.8 Å². The van der Waals surface area contributed by atoms with E-state index in [1.807, 2.05) is 32.6 Å². The number of likely N-dealkylation sites (tertiary alicyclic amines) is 1. The van der Waals surface area contributed by atoms with Crippen LogP contribution in [0, 0.1) is 0 Å². The molecule has 1 aliphatic heterocycles. The van der Waals surface area contributed by atoms with E-state index in [1.54, 1.807) is 0 Å². The summed E-state index contributed by atoms with van der Waals surface area (Å²) in [5.41, 5.74) is -0.427. The van der Waals surface area contributed by atoms with Crippen LogP contribution in [-0.4, -0.2) is 55.5 Å². The van der Waals surface area contributed by atoms with E-state index in [0.29, 0.717) is 0 Å². The fraction of sp³-hybridized carbons (Fsp3) is 0.938. The molecule has 1 rings (SSSR count). The van der Waals surface area contributed by atoms with Gasteiger partial charge in [0.1, 0.15) is 5.60 Å². The first-order valence-corrected chi connectivity index (χ1v) is 8.22. The molecule has 1 heterocycles. The fourth-order valence-electron chi connectivity index (χ4n) is 2.49. The van der Waals surface area contributed by atoms with Crippen molar-refractivity contribution in [3.05, 3.63) is 0 Å². The molecule has 0 radical (unpaired) electrons. The quantitative estimate of drug-likeness (QED) is 0.735. The molecule has 5 heteroatoms. The van der Waals surface area contributed by atoms with Gasteiger partial charge in [0.2, 0.25) is 0 Å². The van der Waals surface area contributed by atoms with Crippen molar-refractivity contribution in [2.45, 2.75) is 65.0 Å². The van der Waals surface area contributed by atoms with Crippen molar-refractivity contribution in [3.8, 4) is 0 Å². The van der Waals surface area contributed by atoms with Gasteiger partial charge in [-0.05, 0) is 59.9 Å². The first-order chi connectivity index (χ1) is 9.94. The molecule has 0 aromatic carbocycles. The lowest BCUT2D eigenvalue weighted by Crippen LogP contribution is -2.50. The van der Waals surface area contributed by atoms with Crippen molar-refractivity contribution in [1.29, 1.82) is 0 Å². The minimum atomic E-state index is -0.427. The Balaban J connectivity index is 2.33. The molecule has 1 unspecified atom stereocenters. The third kappa shape index (κ3) is 7.67. The smallest absolute Gasteiger partial charge is 0.410 e. The standard InChI is InChI=1S/C16H32N2O3/c1-5-20-12-8-10-17-13-14-9-6-7-11-18(14)15(19)21-16(2,3)4/h14,17H,5-13H2,1-4H3. The van der Waals surface area contributed by atoms with Gasteiger partial charge in [-0.15, -0.1) is 0 Å². The average Bonchev–Trinajstić information content (AvgIpc) is 2.41. The molecule has 0 bridgehead atoms. The minimum absolute atomic E-state index is 0.177. The molecule has 1 fully saturated rings. The zero-order valence-corrected chi connectivity index (χ0v) is 14.1. The van der Waals surface area contributed by atoms with Gasteiger partial charge in [0.15, 0.2) is 0 Å². The highest BCUT2D eigenvalue weighted by atomic mass is 16.6. The van der Waals surface area contributed by atoms with Crippen LogP contribution in [0.5, 0.6) is 0 Å². The molecule has 1 amide bonds. The first kappa shape index (κ1) is 18.2. The highest BCUT2D eigenvalue weighted by molar-refractivity contribution is 5.68. The van der Waals surface area contributed by atoms with Crippen molar-refractivity contribution in [2.24, 2.45) is 0 Å². The van der Waals surface area contributed by atoms with Crippen LogP contribution in [0.1, 0.15) is 53.4 Å². The van der Waals surface area contributed by atoms with Gasteiger partial charge in [0.05, 0.1) is 0 Å². The zero-order valence-electron chi connectivity index (χ0n) is 14.1. The summed E-state index contributed by atoms with van der Waals surface area (Å²) in [5.74, 6) is 0. The fourth-order valence-corrected chi connectivity index (χ4v) is 2.49. The molecule has 0 saturated carbocycles. The van der Waals surface area contributed by atoms with Gasteiger partial charge in [-0.3, -0.25) is 0 Å². The highest BCUT2D eigenvalue weighted by Crippen LogP contribution is 2.19. The second kappa shape index (κ2) is 9.26. The molecular formula is C16H32N2O3. The molecule has 1 aliphatic rings. The minimum Gasteiger partial charge on any atom is -0.444 e. The summed E-state index contributed by atoms with van der Waals surface area (Å²) in [6.07, 6.45) is 4.14. The van der Waals surface area contributed by atoms with Gasteiger partial charge in [0, 0.05) is 32.3 Å². The summed E-state index contributed by atoms with van der Waals surface area (Å²) in [6, 6.07) is 0.251. The maximum atomic E-state index is 12.3. The van der Waals surface area contributed by atoms with Gasteiger partial charge < -0.3 is 19.7 Å². The largest absolute Gasteiger partial charge is 0.444 e. The van der Waals surface area contributed by atoms with Crippen LogP contribution in [0.4, 0.5) is 4.79 Å². The highest BCUT2D eigenvalue weighted by Gasteiger charge is 2.29. The van der Waals surface area contributed by atoms with E-state index in [0.717, 1.165) is 52.1 Å². The van der Waals surface area contributed by atoms with E-state index < -0.39 is 5.60 Å². The Bertz CT molecular complexity index is 302. The Kier molecular flexibility index (Phi) is 8.04. The molecule has 1 atom stereocenters. The first-order valence-electron chi connectivity index (χ1n) is 8.22. The molecule has 5 nitrogen and oxygen atoms in total. The Morgan fingerprint density at radius 3 is 2.76 bits per heavy atom. The van der Waals surface area contributed by atoms with Gasteiger partial charge in [0.25, 0.3) is 0 Å². The number of hydrogen-bond donors (Lipinski definition) is 1. The molecule has 0 spiro atoms. The number of hydrogen-bond acceptors (Lipinski definition) is 4. The predicted octanol–water partition coefficient (Wildman–Crippen LogP) is 2.79. The normalized spacial score (nSPS) is 19.6. The van der Waals surface area contributed by atoms with Crippen LogP contribution in [-0.2, 0) is 9.47 Å². The van der Waals surface area contributed by atoms with Gasteiger partial charge in [-0.2, -0.15) is 0 Å². The van der Waals surface area contributed by atoms with E-state index in [1.165, 1.54) is 6.42 Å². The van der Waals surface area contributed by atoms with Crippen LogP contribution >= 0.6 is 0 Å². The molecule has 1 saturated heterocycles. The molecule has 0 aromatic rings. The SMILES string of the molecule is CCOCCCNCC1CCCCN1C(=O)OC(C)(C)C. The summed E-state index contributed by atoms with van der Waals surface area (Å²) in [6.45, 7) is 11.9. The third-order valence-corrected chi connectivity index (χ3v) is 3.48. The maximum Gasteiger partial charge on any atom is 0.410 e. The second-order valence-corrected chi connectivity index (χ2v) is 6.58. The summed E-state index contributed by atoms with van der Waals surface area (Å²) in [7, 11) is 0. The molecule has 0 aromatic heterocycles. The third-order valence-electron chi connectivity index (χ3n) is 3.48. The summed E-state index contributed by atoms with van der Waals surface area (Å²) < 4.78 is 10.8. The van der Waals surface area contributed by atoms with E-state index in [4.69, 9.17) is 9.47 Å². The molecule has 21 heavy (non-hydrogen) atoms. The van der Waals surface area contributed by atoms with Crippen LogP contribution in [0.15, 0.2) is 0 Å². The lowest BCUT2D eigenvalue weighted by molar-refractivity contribution is 0.00990. The number of amides is 1. The van der Waals surface area contributed by atoms with E-state index in [9.17, 15) is 4.79 Å².